The third kappa shape index (κ3) is 4.68. The van der Waals surface area contributed by atoms with Crippen LogP contribution in [-0.2, 0) is 0 Å². The minimum atomic E-state index is -0.617. The van der Waals surface area contributed by atoms with Crippen LogP contribution in [-0.4, -0.2) is 41.6 Å². The van der Waals surface area contributed by atoms with Crippen LogP contribution in [0, 0.1) is 0 Å². The number of hydrogen-bond donors (Lipinski definition) is 0. The number of carbonyl (C=O) groups is 1. The molecule has 4 aromatic rings. The molecule has 10 heteroatoms. The summed E-state index contributed by atoms with van der Waals surface area (Å²) >= 11 is 15.7. The molecule has 36 heavy (non-hydrogen) atoms. The van der Waals surface area contributed by atoms with E-state index in [1.54, 1.807) is 56.4 Å². The molecule has 0 saturated heterocycles. The van der Waals surface area contributed by atoms with E-state index in [1.165, 1.54) is 29.8 Å². The monoisotopic (exact) mass is 589 g/mol. The molecular formula is C26H22BrCl2N3O4. The van der Waals surface area contributed by atoms with Gasteiger partial charge in [-0.1, -0.05) is 35.3 Å². The first-order valence-electron chi connectivity index (χ1n) is 10.8. The number of rotatable bonds is 6. The van der Waals surface area contributed by atoms with Gasteiger partial charge in [0.1, 0.15) is 17.3 Å². The number of fused-ring (bicyclic) bond motifs is 1. The van der Waals surface area contributed by atoms with Crippen molar-refractivity contribution in [2.24, 2.45) is 0 Å². The van der Waals surface area contributed by atoms with E-state index in [4.69, 9.17) is 37.7 Å². The fourth-order valence-corrected chi connectivity index (χ4v) is 4.70. The maximum atomic E-state index is 13.8. The molecule has 0 bridgehead atoms. The number of ether oxygens (including phenoxy) is 2. The second-order valence-corrected chi connectivity index (χ2v) is 9.62. The second-order valence-electron chi connectivity index (χ2n) is 8.01. The van der Waals surface area contributed by atoms with Crippen LogP contribution in [0.3, 0.4) is 0 Å². The van der Waals surface area contributed by atoms with Gasteiger partial charge in [0.2, 0.25) is 0 Å². The largest absolute Gasteiger partial charge is 0.497 e. The molecule has 1 amide bonds. The summed E-state index contributed by atoms with van der Waals surface area (Å²) in [6.45, 7) is 1.80. The number of methoxy groups -OCH3 is 2. The van der Waals surface area contributed by atoms with Gasteiger partial charge in [-0.05, 0) is 53.2 Å². The molecule has 1 atom stereocenters. The van der Waals surface area contributed by atoms with E-state index in [0.29, 0.717) is 49.0 Å². The number of hydrogen-bond acceptors (Lipinski definition) is 5. The van der Waals surface area contributed by atoms with Gasteiger partial charge in [0, 0.05) is 24.7 Å². The molecule has 0 fully saturated rings. The van der Waals surface area contributed by atoms with E-state index in [0.717, 1.165) is 0 Å². The average Bonchev–Trinajstić information content (AvgIpc) is 2.89. The number of halogens is 3. The highest BCUT2D eigenvalue weighted by molar-refractivity contribution is 9.10. The molecule has 4 rings (SSSR count). The summed E-state index contributed by atoms with van der Waals surface area (Å²) in [5.41, 5.74) is 1.04. The Morgan fingerprint density at radius 2 is 1.78 bits per heavy atom. The van der Waals surface area contributed by atoms with Crippen LogP contribution in [0.2, 0.25) is 10.0 Å². The zero-order chi connectivity index (χ0) is 26.1. The first kappa shape index (κ1) is 26.0. The fourth-order valence-electron chi connectivity index (χ4n) is 3.83. The van der Waals surface area contributed by atoms with E-state index >= 15 is 0 Å². The normalized spacial score (nSPS) is 11.9. The van der Waals surface area contributed by atoms with Crippen molar-refractivity contribution in [2.75, 3.05) is 21.3 Å². The lowest BCUT2D eigenvalue weighted by Gasteiger charge is -2.27. The lowest BCUT2D eigenvalue weighted by Crippen LogP contribution is -2.35. The number of aromatic nitrogens is 2. The molecule has 7 nitrogen and oxygen atoms in total. The van der Waals surface area contributed by atoms with Crippen LogP contribution in [0.1, 0.15) is 29.1 Å². The minimum absolute atomic E-state index is 0.275. The van der Waals surface area contributed by atoms with Crippen LogP contribution in [0.25, 0.3) is 16.6 Å². The Hall–Kier alpha value is -3.07. The van der Waals surface area contributed by atoms with E-state index < -0.39 is 6.04 Å². The van der Waals surface area contributed by atoms with Crippen molar-refractivity contribution in [3.8, 4) is 17.2 Å². The van der Waals surface area contributed by atoms with E-state index in [1.807, 2.05) is 6.07 Å². The van der Waals surface area contributed by atoms with Crippen molar-refractivity contribution in [1.82, 2.24) is 14.5 Å². The Balaban J connectivity index is 1.94. The van der Waals surface area contributed by atoms with Crippen molar-refractivity contribution < 1.29 is 14.3 Å². The molecule has 1 heterocycles. The van der Waals surface area contributed by atoms with Crippen molar-refractivity contribution in [3.63, 3.8) is 0 Å². The fraction of sp³-hybridized carbons (Fsp3) is 0.192. The third-order valence-electron chi connectivity index (χ3n) is 5.93. The van der Waals surface area contributed by atoms with Gasteiger partial charge in [-0.3, -0.25) is 14.2 Å². The molecule has 0 spiro atoms. The molecule has 0 saturated carbocycles. The summed E-state index contributed by atoms with van der Waals surface area (Å²) in [6.07, 6.45) is 0. The van der Waals surface area contributed by atoms with Crippen molar-refractivity contribution in [1.29, 1.82) is 0 Å². The first-order valence-corrected chi connectivity index (χ1v) is 12.4. The van der Waals surface area contributed by atoms with Crippen molar-refractivity contribution >= 4 is 55.9 Å². The SMILES string of the molecule is COc1cc(OC)c(Br)c(-n2c(C(C)N(C)C(=O)c3ccc(Cl)c(Cl)c3)nc3ccccc3c2=O)c1. The lowest BCUT2D eigenvalue weighted by molar-refractivity contribution is 0.0735. The topological polar surface area (TPSA) is 73.7 Å². The number of para-hydroxylation sites is 1. The summed E-state index contributed by atoms with van der Waals surface area (Å²) < 4.78 is 12.9. The Morgan fingerprint density at radius 3 is 2.44 bits per heavy atom. The van der Waals surface area contributed by atoms with Crippen molar-refractivity contribution in [3.05, 3.63) is 90.9 Å². The van der Waals surface area contributed by atoms with Gasteiger partial charge in [-0.25, -0.2) is 4.98 Å². The number of benzene rings is 3. The standard InChI is InChI=1S/C26H22BrCl2N3O4/c1-14(31(2)25(33)15-9-10-18(28)19(29)11-15)24-30-20-8-6-5-7-17(20)26(34)32(24)21-12-16(35-3)13-22(36-4)23(21)27/h5-14H,1-4H3. The van der Waals surface area contributed by atoms with E-state index in [-0.39, 0.29) is 16.5 Å². The molecule has 186 valence electrons. The molecule has 0 aliphatic carbocycles. The van der Waals surface area contributed by atoms with Crippen LogP contribution in [0.5, 0.6) is 11.5 Å². The second kappa shape index (κ2) is 10.5. The average molecular weight is 591 g/mol. The van der Waals surface area contributed by atoms with Gasteiger partial charge in [0.05, 0.1) is 51.4 Å². The summed E-state index contributed by atoms with van der Waals surface area (Å²) in [6, 6.07) is 14.5. The first-order chi connectivity index (χ1) is 17.2. The van der Waals surface area contributed by atoms with Crippen LogP contribution in [0.4, 0.5) is 0 Å². The highest BCUT2D eigenvalue weighted by Crippen LogP contribution is 2.37. The summed E-state index contributed by atoms with van der Waals surface area (Å²) in [5, 5.41) is 1.06. The van der Waals surface area contributed by atoms with Gasteiger partial charge in [0.15, 0.2) is 0 Å². The summed E-state index contributed by atoms with van der Waals surface area (Å²) in [4.78, 5) is 33.5. The molecule has 0 radical (unpaired) electrons. The van der Waals surface area contributed by atoms with Crippen LogP contribution < -0.4 is 15.0 Å². The van der Waals surface area contributed by atoms with Gasteiger partial charge in [-0.15, -0.1) is 0 Å². The van der Waals surface area contributed by atoms with Crippen LogP contribution >= 0.6 is 39.1 Å². The molecule has 0 aliphatic heterocycles. The smallest absolute Gasteiger partial charge is 0.266 e. The molecule has 1 aromatic heterocycles. The molecule has 0 aliphatic rings. The van der Waals surface area contributed by atoms with E-state index in [9.17, 15) is 9.59 Å². The summed E-state index contributed by atoms with van der Waals surface area (Å²) in [7, 11) is 4.70. The van der Waals surface area contributed by atoms with Gasteiger partial charge < -0.3 is 14.4 Å². The predicted octanol–water partition coefficient (Wildman–Crippen LogP) is 6.31. The maximum Gasteiger partial charge on any atom is 0.266 e. The summed E-state index contributed by atoms with van der Waals surface area (Å²) in [5.74, 6) is 1.01. The minimum Gasteiger partial charge on any atom is -0.497 e. The Kier molecular flexibility index (Phi) is 7.59. The number of nitrogens with zero attached hydrogens (tertiary/aromatic N) is 3. The predicted molar refractivity (Wildman–Crippen MR) is 145 cm³/mol. The van der Waals surface area contributed by atoms with Crippen LogP contribution in [0.15, 0.2) is 63.9 Å². The van der Waals surface area contributed by atoms with Gasteiger partial charge in [-0.2, -0.15) is 0 Å². The molecular weight excluding hydrogens is 569 g/mol. The number of carbonyl (C=O) groups excluding carboxylic acids is 1. The highest BCUT2D eigenvalue weighted by atomic mass is 79.9. The molecule has 1 unspecified atom stereocenters. The highest BCUT2D eigenvalue weighted by Gasteiger charge is 2.27. The zero-order valence-corrected chi connectivity index (χ0v) is 23.0. The Bertz CT molecular complexity index is 1540. The molecule has 0 N–H and O–H groups in total. The maximum absolute atomic E-state index is 13.8. The third-order valence-corrected chi connectivity index (χ3v) is 7.47. The van der Waals surface area contributed by atoms with Gasteiger partial charge in [0.25, 0.3) is 11.5 Å². The Morgan fingerprint density at radius 1 is 1.06 bits per heavy atom. The van der Waals surface area contributed by atoms with E-state index in [2.05, 4.69) is 15.9 Å². The Labute approximate surface area is 226 Å². The molecule has 3 aromatic carbocycles. The lowest BCUT2D eigenvalue weighted by atomic mass is 10.1. The zero-order valence-electron chi connectivity index (χ0n) is 19.9. The van der Waals surface area contributed by atoms with Gasteiger partial charge >= 0.3 is 0 Å². The van der Waals surface area contributed by atoms with Crippen molar-refractivity contribution in [2.45, 2.75) is 13.0 Å². The quantitative estimate of drug-likeness (QED) is 0.263. The number of amides is 1.